The molecule has 0 saturated carbocycles. The lowest BCUT2D eigenvalue weighted by Crippen LogP contribution is -2.29. The molecule has 0 bridgehead atoms. The van der Waals surface area contributed by atoms with Crippen molar-refractivity contribution in [1.29, 1.82) is 0 Å². The van der Waals surface area contributed by atoms with Gasteiger partial charge in [0.15, 0.2) is 0 Å². The lowest BCUT2D eigenvalue weighted by atomic mass is 10.3. The first-order valence-electron chi connectivity index (χ1n) is 8.85. The highest BCUT2D eigenvalue weighted by molar-refractivity contribution is 9.10. The van der Waals surface area contributed by atoms with Gasteiger partial charge in [0.05, 0.1) is 11.0 Å². The van der Waals surface area contributed by atoms with Gasteiger partial charge < -0.3 is 4.90 Å². The Kier molecular flexibility index (Phi) is 4.25. The van der Waals surface area contributed by atoms with Crippen LogP contribution in [0.15, 0.2) is 77.3 Å². The highest BCUT2D eigenvalue weighted by Crippen LogP contribution is 2.22. The first kappa shape index (κ1) is 16.9. The van der Waals surface area contributed by atoms with Crippen LogP contribution in [0.2, 0.25) is 0 Å². The molecule has 7 nitrogen and oxygen atoms in total. The Morgan fingerprint density at radius 3 is 1.71 bits per heavy atom. The largest absolute Gasteiger partial charge is 0.332 e. The second-order valence-corrected chi connectivity index (χ2v) is 7.37. The van der Waals surface area contributed by atoms with E-state index in [2.05, 4.69) is 53.6 Å². The molecule has 0 saturated heterocycles. The van der Waals surface area contributed by atoms with Gasteiger partial charge in [0.1, 0.15) is 24.4 Å². The molecule has 0 unspecified atom stereocenters. The van der Waals surface area contributed by atoms with E-state index in [0.717, 1.165) is 32.2 Å². The third kappa shape index (κ3) is 3.11. The van der Waals surface area contributed by atoms with Crippen molar-refractivity contribution in [2.75, 3.05) is 4.90 Å². The number of rotatable bonds is 5. The number of hydrogen-bond acceptors (Lipinski definition) is 5. The van der Waals surface area contributed by atoms with Crippen LogP contribution in [0.4, 0.5) is 5.69 Å². The summed E-state index contributed by atoms with van der Waals surface area (Å²) < 4.78 is 4.83. The molecule has 0 N–H and O–H groups in total. The molecule has 0 fully saturated rings. The molecule has 8 heteroatoms. The summed E-state index contributed by atoms with van der Waals surface area (Å²) in [7, 11) is 0. The molecule has 0 spiro atoms. The predicted octanol–water partition coefficient (Wildman–Crippen LogP) is 4.06. The number of benzene rings is 3. The summed E-state index contributed by atoms with van der Waals surface area (Å²) in [5.41, 5.74) is 4.80. The molecule has 0 aliphatic heterocycles. The maximum absolute atomic E-state index is 4.34. The first-order chi connectivity index (χ1) is 13.8. The lowest BCUT2D eigenvalue weighted by molar-refractivity contribution is 0.498. The van der Waals surface area contributed by atoms with Crippen molar-refractivity contribution in [1.82, 2.24) is 30.0 Å². The standard InChI is InChI=1S/C20H16BrN7/c21-15-9-11-16(12-10-15)26(13-27-19-7-3-1-5-17(19)22-24-27)14-28-20-8-4-2-6-18(20)23-25-28/h1-12H,13-14H2. The molecule has 0 aliphatic rings. The van der Waals surface area contributed by atoms with Crippen LogP contribution in [-0.4, -0.2) is 30.0 Å². The van der Waals surface area contributed by atoms with Crippen molar-refractivity contribution in [3.8, 4) is 0 Å². The molecule has 0 amide bonds. The number of halogens is 1. The van der Waals surface area contributed by atoms with Gasteiger partial charge in [-0.05, 0) is 48.5 Å². The van der Waals surface area contributed by atoms with Crippen molar-refractivity contribution in [2.24, 2.45) is 0 Å². The molecule has 0 radical (unpaired) electrons. The number of nitrogens with zero attached hydrogens (tertiary/aromatic N) is 7. The van der Waals surface area contributed by atoms with Crippen LogP contribution in [-0.2, 0) is 13.3 Å². The highest BCUT2D eigenvalue weighted by Gasteiger charge is 2.14. The van der Waals surface area contributed by atoms with Crippen LogP contribution < -0.4 is 4.90 Å². The Morgan fingerprint density at radius 1 is 0.679 bits per heavy atom. The van der Waals surface area contributed by atoms with E-state index in [4.69, 9.17) is 0 Å². The Morgan fingerprint density at radius 2 is 1.18 bits per heavy atom. The normalized spacial score (nSPS) is 11.3. The van der Waals surface area contributed by atoms with Crippen molar-refractivity contribution in [2.45, 2.75) is 13.3 Å². The molecule has 5 aromatic rings. The van der Waals surface area contributed by atoms with E-state index in [-0.39, 0.29) is 0 Å². The topological polar surface area (TPSA) is 64.7 Å². The van der Waals surface area contributed by atoms with Gasteiger partial charge in [-0.1, -0.05) is 50.6 Å². The summed E-state index contributed by atoms with van der Waals surface area (Å²) in [6, 6.07) is 24.1. The molecule has 138 valence electrons. The summed E-state index contributed by atoms with van der Waals surface area (Å²) in [5.74, 6) is 0. The minimum atomic E-state index is 0.538. The summed E-state index contributed by atoms with van der Waals surface area (Å²) in [6.45, 7) is 1.08. The van der Waals surface area contributed by atoms with Crippen LogP contribution in [0.25, 0.3) is 22.1 Å². The average Bonchev–Trinajstić information content (AvgIpc) is 3.33. The third-order valence-electron chi connectivity index (χ3n) is 4.64. The molecule has 2 heterocycles. The molecular weight excluding hydrogens is 418 g/mol. The fourth-order valence-corrected chi connectivity index (χ4v) is 3.49. The van der Waals surface area contributed by atoms with Crippen molar-refractivity contribution < 1.29 is 0 Å². The molecular formula is C20H16BrN7. The molecule has 5 rings (SSSR count). The minimum absolute atomic E-state index is 0.538. The SMILES string of the molecule is Brc1ccc(N(Cn2nnc3ccccc32)Cn2nnc3ccccc32)cc1. The fraction of sp³-hybridized carbons (Fsp3) is 0.100. The van der Waals surface area contributed by atoms with E-state index in [1.54, 1.807) is 0 Å². The van der Waals surface area contributed by atoms with Crippen LogP contribution in [0.5, 0.6) is 0 Å². The van der Waals surface area contributed by atoms with E-state index >= 15 is 0 Å². The second-order valence-electron chi connectivity index (χ2n) is 6.45. The lowest BCUT2D eigenvalue weighted by Gasteiger charge is -2.25. The number of anilines is 1. The van der Waals surface area contributed by atoms with Gasteiger partial charge in [-0.25, -0.2) is 9.36 Å². The fourth-order valence-electron chi connectivity index (χ4n) is 3.23. The smallest absolute Gasteiger partial charge is 0.116 e. The summed E-state index contributed by atoms with van der Waals surface area (Å²) in [5, 5.41) is 17.2. The minimum Gasteiger partial charge on any atom is -0.332 e. The van der Waals surface area contributed by atoms with Crippen LogP contribution in [0.3, 0.4) is 0 Å². The van der Waals surface area contributed by atoms with E-state index in [9.17, 15) is 0 Å². The van der Waals surface area contributed by atoms with Gasteiger partial charge in [0.25, 0.3) is 0 Å². The van der Waals surface area contributed by atoms with Gasteiger partial charge in [0, 0.05) is 10.2 Å². The van der Waals surface area contributed by atoms with Gasteiger partial charge in [-0.2, -0.15) is 0 Å². The van der Waals surface area contributed by atoms with Crippen LogP contribution >= 0.6 is 15.9 Å². The Hall–Kier alpha value is -3.26. The zero-order chi connectivity index (χ0) is 18.9. The Balaban J connectivity index is 1.54. The zero-order valence-electron chi connectivity index (χ0n) is 14.9. The number of fused-ring (bicyclic) bond motifs is 2. The van der Waals surface area contributed by atoms with Gasteiger partial charge >= 0.3 is 0 Å². The van der Waals surface area contributed by atoms with E-state index in [0.29, 0.717) is 13.3 Å². The van der Waals surface area contributed by atoms with Crippen molar-refractivity contribution in [3.05, 3.63) is 77.3 Å². The molecule has 2 aromatic heterocycles. The quantitative estimate of drug-likeness (QED) is 0.418. The van der Waals surface area contributed by atoms with E-state index < -0.39 is 0 Å². The Bertz CT molecular complexity index is 1170. The second kappa shape index (κ2) is 7.05. The zero-order valence-corrected chi connectivity index (χ0v) is 16.4. The van der Waals surface area contributed by atoms with E-state index in [1.807, 2.05) is 70.0 Å². The number of aromatic nitrogens is 6. The average molecular weight is 434 g/mol. The van der Waals surface area contributed by atoms with Crippen LogP contribution in [0, 0.1) is 0 Å². The Labute approximate surface area is 169 Å². The monoisotopic (exact) mass is 433 g/mol. The first-order valence-corrected chi connectivity index (χ1v) is 9.64. The van der Waals surface area contributed by atoms with Gasteiger partial charge in [-0.3, -0.25) is 0 Å². The summed E-state index contributed by atoms with van der Waals surface area (Å²) >= 11 is 3.51. The highest BCUT2D eigenvalue weighted by atomic mass is 79.9. The molecule has 28 heavy (non-hydrogen) atoms. The van der Waals surface area contributed by atoms with Gasteiger partial charge in [-0.15, -0.1) is 10.2 Å². The molecule has 0 aliphatic carbocycles. The number of hydrogen-bond donors (Lipinski definition) is 0. The van der Waals surface area contributed by atoms with E-state index in [1.165, 1.54) is 0 Å². The summed E-state index contributed by atoms with van der Waals surface area (Å²) in [4.78, 5) is 2.19. The van der Waals surface area contributed by atoms with Crippen molar-refractivity contribution >= 4 is 43.7 Å². The molecule has 3 aromatic carbocycles. The maximum Gasteiger partial charge on any atom is 0.116 e. The predicted molar refractivity (Wildman–Crippen MR) is 112 cm³/mol. The van der Waals surface area contributed by atoms with Crippen molar-refractivity contribution in [3.63, 3.8) is 0 Å². The third-order valence-corrected chi connectivity index (χ3v) is 5.17. The molecule has 0 atom stereocenters. The van der Waals surface area contributed by atoms with Crippen LogP contribution in [0.1, 0.15) is 0 Å². The van der Waals surface area contributed by atoms with Gasteiger partial charge in [0.2, 0.25) is 0 Å². The maximum atomic E-state index is 4.34. The summed E-state index contributed by atoms with van der Waals surface area (Å²) in [6.07, 6.45) is 0. The number of para-hydroxylation sites is 2.